The van der Waals surface area contributed by atoms with E-state index in [0.717, 1.165) is 68.0 Å². The summed E-state index contributed by atoms with van der Waals surface area (Å²) in [7, 11) is 3.09. The number of likely N-dealkylation sites (N-methyl/N-ethyl adjacent to an activating group) is 1. The van der Waals surface area contributed by atoms with Gasteiger partial charge in [-0.25, -0.2) is 4.98 Å². The Morgan fingerprint density at radius 2 is 2.08 bits per heavy atom. The quantitative estimate of drug-likeness (QED) is 0.380. The van der Waals surface area contributed by atoms with E-state index in [0.29, 0.717) is 11.6 Å². The van der Waals surface area contributed by atoms with Gasteiger partial charge < -0.3 is 15.0 Å². The predicted molar refractivity (Wildman–Crippen MR) is 148 cm³/mol. The molecule has 1 unspecified atom stereocenters. The molecule has 6 rings (SSSR count). The number of nitrogens with one attached hydrogen (secondary N) is 1. The van der Waals surface area contributed by atoms with Crippen molar-refractivity contribution in [1.82, 2.24) is 20.2 Å². The first-order valence-electron chi connectivity index (χ1n) is 12.5. The summed E-state index contributed by atoms with van der Waals surface area (Å²) in [6.45, 7) is 3.11. The first-order valence-corrected chi connectivity index (χ1v) is 14.6. The second kappa shape index (κ2) is 9.10. The van der Waals surface area contributed by atoms with Gasteiger partial charge in [-0.05, 0) is 81.2 Å². The van der Waals surface area contributed by atoms with Crippen LogP contribution in [-0.4, -0.2) is 56.4 Å². The Labute approximate surface area is 218 Å². The van der Waals surface area contributed by atoms with E-state index in [2.05, 4.69) is 45.4 Å². The number of amides is 1. The third-order valence-corrected chi connectivity index (χ3v) is 9.51. The number of carbonyl (C=O) groups excluding carboxylic acids is 1. The van der Waals surface area contributed by atoms with Crippen molar-refractivity contribution in [2.45, 2.75) is 43.5 Å². The molecule has 2 aliphatic rings. The highest BCUT2D eigenvalue weighted by Gasteiger charge is 2.47. The Balaban J connectivity index is 1.30. The first kappa shape index (κ1) is 23.3. The standard InChI is InChI=1S/C28H30N4O2SSi/c1-17-5-6-19(34-27(36)24-7-12-32(24)2)16-21(17)25(33)31-28(8-9-28)22-14-18(26-30-11-13-35-26)15-23-20(22)4-3-10-29-23/h3-6,10-11,13-16,24,27H,7-9,12H2,1-2,36H3,(H,31,33)/t24-,27?/m0/s1. The average molecular weight is 515 g/mol. The van der Waals surface area contributed by atoms with E-state index < -0.39 is 5.54 Å². The zero-order valence-electron chi connectivity index (χ0n) is 20.8. The summed E-state index contributed by atoms with van der Waals surface area (Å²) < 4.78 is 6.31. The van der Waals surface area contributed by atoms with E-state index in [4.69, 9.17) is 4.74 Å². The number of aryl methyl sites for hydroxylation is 1. The molecular formula is C28H30N4O2SSi. The number of hydrogen-bond acceptors (Lipinski definition) is 6. The number of thiazole rings is 1. The van der Waals surface area contributed by atoms with Crippen molar-refractivity contribution in [3.8, 4) is 16.3 Å². The van der Waals surface area contributed by atoms with Gasteiger partial charge >= 0.3 is 0 Å². The average Bonchev–Trinajstić information content (AvgIpc) is 3.42. The molecule has 184 valence electrons. The van der Waals surface area contributed by atoms with Gasteiger partial charge in [-0.15, -0.1) is 11.3 Å². The van der Waals surface area contributed by atoms with Gasteiger partial charge in [-0.2, -0.15) is 0 Å². The molecule has 6 nitrogen and oxygen atoms in total. The number of hydrogen-bond donors (Lipinski definition) is 1. The maximum Gasteiger partial charge on any atom is 0.252 e. The van der Waals surface area contributed by atoms with Crippen LogP contribution in [0.5, 0.6) is 5.75 Å². The van der Waals surface area contributed by atoms with Crippen LogP contribution in [0.4, 0.5) is 0 Å². The van der Waals surface area contributed by atoms with E-state index >= 15 is 0 Å². The molecule has 36 heavy (non-hydrogen) atoms. The third kappa shape index (κ3) is 4.23. The highest BCUT2D eigenvalue weighted by atomic mass is 32.1. The normalized spacial score (nSPS) is 19.6. The fraction of sp³-hybridized carbons (Fsp3) is 0.321. The van der Waals surface area contributed by atoms with E-state index in [9.17, 15) is 4.79 Å². The van der Waals surface area contributed by atoms with Crippen molar-refractivity contribution in [1.29, 1.82) is 0 Å². The number of likely N-dealkylation sites (tertiary alicyclic amines) is 1. The molecule has 1 aliphatic heterocycles. The van der Waals surface area contributed by atoms with Crippen molar-refractivity contribution < 1.29 is 9.53 Å². The number of carbonyl (C=O) groups is 1. The number of ether oxygens (including phenoxy) is 1. The van der Waals surface area contributed by atoms with Crippen molar-refractivity contribution in [3.05, 3.63) is 76.9 Å². The van der Waals surface area contributed by atoms with Gasteiger partial charge in [0.1, 0.15) is 10.8 Å². The van der Waals surface area contributed by atoms with Crippen LogP contribution in [-0.2, 0) is 5.54 Å². The zero-order valence-corrected chi connectivity index (χ0v) is 23.6. The number of pyridine rings is 1. The maximum atomic E-state index is 13.6. The van der Waals surface area contributed by atoms with E-state index in [-0.39, 0.29) is 11.6 Å². The monoisotopic (exact) mass is 514 g/mol. The van der Waals surface area contributed by atoms with E-state index in [1.54, 1.807) is 11.3 Å². The molecular weight excluding hydrogens is 484 g/mol. The van der Waals surface area contributed by atoms with Gasteiger partial charge in [-0.1, -0.05) is 12.1 Å². The van der Waals surface area contributed by atoms with Crippen molar-refractivity contribution >= 4 is 38.4 Å². The fourth-order valence-electron chi connectivity index (χ4n) is 5.28. The molecule has 1 saturated carbocycles. The van der Waals surface area contributed by atoms with Crippen LogP contribution in [0.2, 0.25) is 0 Å². The lowest BCUT2D eigenvalue weighted by atomic mass is 9.95. The summed E-state index contributed by atoms with van der Waals surface area (Å²) in [5.41, 5.74) is 4.51. The molecule has 8 heteroatoms. The molecule has 1 saturated heterocycles. The highest BCUT2D eigenvalue weighted by Crippen LogP contribution is 2.49. The van der Waals surface area contributed by atoms with Crippen LogP contribution >= 0.6 is 11.3 Å². The molecule has 1 aliphatic carbocycles. The lowest BCUT2D eigenvalue weighted by molar-refractivity contribution is 0.0562. The molecule has 2 atom stereocenters. The molecule has 2 aromatic heterocycles. The first-order chi connectivity index (χ1) is 17.4. The molecule has 0 bridgehead atoms. The number of benzene rings is 2. The second-order valence-corrected chi connectivity index (χ2v) is 12.1. The molecule has 0 radical (unpaired) electrons. The van der Waals surface area contributed by atoms with Crippen LogP contribution in [0.1, 0.15) is 40.7 Å². The summed E-state index contributed by atoms with van der Waals surface area (Å²) >= 11 is 1.61. The van der Waals surface area contributed by atoms with Gasteiger partial charge in [0, 0.05) is 40.3 Å². The van der Waals surface area contributed by atoms with Crippen molar-refractivity contribution in [2.75, 3.05) is 13.6 Å². The molecule has 1 amide bonds. The third-order valence-electron chi connectivity index (χ3n) is 7.68. The van der Waals surface area contributed by atoms with Crippen LogP contribution in [0, 0.1) is 6.92 Å². The number of aromatic nitrogens is 2. The van der Waals surface area contributed by atoms with Crippen LogP contribution in [0.3, 0.4) is 0 Å². The topological polar surface area (TPSA) is 67.3 Å². The predicted octanol–water partition coefficient (Wildman–Crippen LogP) is 3.86. The minimum Gasteiger partial charge on any atom is -0.494 e. The van der Waals surface area contributed by atoms with Gasteiger partial charge in [0.15, 0.2) is 0 Å². The number of nitrogens with zero attached hydrogens (tertiary/aromatic N) is 3. The van der Waals surface area contributed by atoms with Gasteiger partial charge in [0.2, 0.25) is 0 Å². The van der Waals surface area contributed by atoms with E-state index in [1.807, 2.05) is 49.0 Å². The second-order valence-electron chi connectivity index (χ2n) is 10.1. The molecule has 1 N–H and O–H groups in total. The molecule has 2 aromatic carbocycles. The molecule has 0 spiro atoms. The largest absolute Gasteiger partial charge is 0.494 e. The van der Waals surface area contributed by atoms with Gasteiger partial charge in [-0.3, -0.25) is 9.78 Å². The smallest absolute Gasteiger partial charge is 0.252 e. The summed E-state index contributed by atoms with van der Waals surface area (Å²) in [6.07, 6.45) is 6.61. The van der Waals surface area contributed by atoms with Crippen LogP contribution in [0.15, 0.2) is 60.2 Å². The Morgan fingerprint density at radius 1 is 1.22 bits per heavy atom. The SMILES string of the molecule is Cc1ccc(OC([SiH3])[C@@H]2CCN2C)cc1C(=O)NC1(c2cc(-c3nccs3)cc3ncccc23)CC1. The molecule has 4 aromatic rings. The molecule has 2 fully saturated rings. The minimum absolute atomic E-state index is 0.0576. The van der Waals surface area contributed by atoms with Crippen LogP contribution < -0.4 is 10.1 Å². The van der Waals surface area contributed by atoms with Gasteiger partial charge in [0.25, 0.3) is 5.91 Å². The summed E-state index contributed by atoms with van der Waals surface area (Å²) in [5.74, 6) is 0.717. The van der Waals surface area contributed by atoms with Crippen LogP contribution in [0.25, 0.3) is 21.5 Å². The summed E-state index contributed by atoms with van der Waals surface area (Å²) in [5, 5.41) is 7.42. The Kier molecular flexibility index (Phi) is 5.90. The zero-order chi connectivity index (χ0) is 24.9. The highest BCUT2D eigenvalue weighted by molar-refractivity contribution is 7.13. The minimum atomic E-state index is -0.399. The lowest BCUT2D eigenvalue weighted by Gasteiger charge is -2.41. The number of fused-ring (bicyclic) bond motifs is 1. The van der Waals surface area contributed by atoms with E-state index in [1.165, 1.54) is 6.42 Å². The maximum absolute atomic E-state index is 13.6. The molecule has 3 heterocycles. The Bertz CT molecular complexity index is 1440. The fourth-order valence-corrected chi connectivity index (χ4v) is 7.02. The summed E-state index contributed by atoms with van der Waals surface area (Å²) in [6, 6.07) is 14.7. The van der Waals surface area contributed by atoms with Crippen molar-refractivity contribution in [3.63, 3.8) is 0 Å². The Morgan fingerprint density at radius 3 is 2.78 bits per heavy atom. The lowest BCUT2D eigenvalue weighted by Crippen LogP contribution is -2.53. The van der Waals surface area contributed by atoms with Crippen molar-refractivity contribution in [2.24, 2.45) is 0 Å². The van der Waals surface area contributed by atoms with Gasteiger partial charge in [0.05, 0.1) is 27.0 Å². The Hall–Kier alpha value is -3.07. The summed E-state index contributed by atoms with van der Waals surface area (Å²) in [4.78, 5) is 25.1. The number of rotatable bonds is 7.